The maximum absolute atomic E-state index is 12.8. The Hall–Kier alpha value is -0.975. The molecule has 0 amide bonds. The van der Waals surface area contributed by atoms with Gasteiger partial charge in [-0.1, -0.05) is 0 Å². The molecule has 0 aromatic heterocycles. The topological polar surface area (TPSA) is 44.8 Å². The number of rotatable bonds is 2. The third-order valence-electron chi connectivity index (χ3n) is 5.36. The summed E-state index contributed by atoms with van der Waals surface area (Å²) in [7, 11) is -0.548. The molecule has 1 saturated heterocycles. The summed E-state index contributed by atoms with van der Waals surface area (Å²) in [6, 6.07) is 0. The van der Waals surface area contributed by atoms with Crippen LogP contribution in [0.25, 0.3) is 0 Å². The van der Waals surface area contributed by atoms with E-state index in [1.165, 1.54) is 0 Å². The van der Waals surface area contributed by atoms with Gasteiger partial charge in [0, 0.05) is 4.90 Å². The van der Waals surface area contributed by atoms with Crippen molar-refractivity contribution in [3.63, 3.8) is 0 Å². The number of thiol groups is 1. The lowest BCUT2D eigenvalue weighted by molar-refractivity contribution is 0.00578. The van der Waals surface area contributed by atoms with Crippen molar-refractivity contribution >= 4 is 31.2 Å². The number of benzene rings is 1. The molecule has 1 aromatic rings. The molecule has 6 heteroatoms. The summed E-state index contributed by atoms with van der Waals surface area (Å²) in [6.07, 6.45) is 0. The number of hydrogen-bond donors (Lipinski definition) is 1. The molecule has 0 unspecified atom stereocenters. The lowest BCUT2D eigenvalue weighted by Crippen LogP contribution is -2.41. The molecule has 4 nitrogen and oxygen atoms in total. The van der Waals surface area contributed by atoms with Crippen LogP contribution in [0.5, 0.6) is 0 Å². The van der Waals surface area contributed by atoms with Crippen LogP contribution in [0, 0.1) is 20.8 Å². The minimum Gasteiger partial charge on any atom is -0.456 e. The Morgan fingerprint density at radius 3 is 1.85 bits per heavy atom. The molecular weight excluding hydrogens is 347 g/mol. The van der Waals surface area contributed by atoms with Gasteiger partial charge in [-0.05, 0) is 91.4 Å². The van der Waals surface area contributed by atoms with Crippen molar-refractivity contribution in [1.29, 1.82) is 0 Å². The predicted octanol–water partition coefficient (Wildman–Crippen LogP) is 4.16. The summed E-state index contributed by atoms with van der Waals surface area (Å²) in [4.78, 5) is 13.6. The zero-order chi connectivity index (χ0) is 20.2. The number of esters is 1. The van der Waals surface area contributed by atoms with Crippen LogP contribution < -0.4 is 5.46 Å². The minimum atomic E-state index is -0.567. The van der Waals surface area contributed by atoms with E-state index in [0.29, 0.717) is 5.56 Å². The lowest BCUT2D eigenvalue weighted by Gasteiger charge is -2.32. The molecule has 26 heavy (non-hydrogen) atoms. The van der Waals surface area contributed by atoms with E-state index in [0.717, 1.165) is 27.0 Å². The SMILES string of the molecule is Cc1c(S)c(C)c(C(=O)OC(C)(C)C)c(C)c1B1OC(C)(C)C(C)(C)O1. The van der Waals surface area contributed by atoms with Gasteiger partial charge in [0.2, 0.25) is 0 Å². The van der Waals surface area contributed by atoms with E-state index in [9.17, 15) is 4.79 Å². The number of hydrogen-bond acceptors (Lipinski definition) is 5. The smallest absolute Gasteiger partial charge is 0.456 e. The highest BCUT2D eigenvalue weighted by molar-refractivity contribution is 7.80. The Kier molecular flexibility index (Phi) is 5.39. The van der Waals surface area contributed by atoms with Crippen LogP contribution in [0.3, 0.4) is 0 Å². The van der Waals surface area contributed by atoms with Gasteiger partial charge in [-0.2, -0.15) is 0 Å². The van der Waals surface area contributed by atoms with E-state index in [1.54, 1.807) is 0 Å². The van der Waals surface area contributed by atoms with Crippen molar-refractivity contribution in [3.8, 4) is 0 Å². The van der Waals surface area contributed by atoms with E-state index < -0.39 is 23.9 Å². The normalized spacial score (nSPS) is 19.0. The van der Waals surface area contributed by atoms with Crippen LogP contribution >= 0.6 is 12.6 Å². The second-order valence-electron chi connectivity index (χ2n) is 9.10. The number of ether oxygens (including phenoxy) is 1. The van der Waals surface area contributed by atoms with Crippen molar-refractivity contribution in [2.75, 3.05) is 0 Å². The fourth-order valence-corrected chi connectivity index (χ4v) is 3.41. The Morgan fingerprint density at radius 2 is 1.42 bits per heavy atom. The van der Waals surface area contributed by atoms with Crippen molar-refractivity contribution in [1.82, 2.24) is 0 Å². The second-order valence-corrected chi connectivity index (χ2v) is 9.55. The maximum Gasteiger partial charge on any atom is 0.495 e. The largest absolute Gasteiger partial charge is 0.495 e. The average molecular weight is 378 g/mol. The van der Waals surface area contributed by atoms with Gasteiger partial charge in [0.1, 0.15) is 5.60 Å². The Bertz CT molecular complexity index is 731. The van der Waals surface area contributed by atoms with Crippen LogP contribution in [0.4, 0.5) is 0 Å². The molecule has 0 N–H and O–H groups in total. The van der Waals surface area contributed by atoms with Crippen LogP contribution in [0.2, 0.25) is 0 Å². The summed E-state index contributed by atoms with van der Waals surface area (Å²) in [6.45, 7) is 19.5. The Labute approximate surface area is 163 Å². The first-order valence-electron chi connectivity index (χ1n) is 9.00. The molecule has 0 radical (unpaired) electrons. The van der Waals surface area contributed by atoms with Crippen LogP contribution in [0.15, 0.2) is 4.90 Å². The Morgan fingerprint density at radius 1 is 0.962 bits per heavy atom. The van der Waals surface area contributed by atoms with Crippen molar-refractivity contribution in [2.24, 2.45) is 0 Å². The fourth-order valence-electron chi connectivity index (χ4n) is 3.17. The highest BCUT2D eigenvalue weighted by Crippen LogP contribution is 2.38. The van der Waals surface area contributed by atoms with Gasteiger partial charge in [-0.15, -0.1) is 12.6 Å². The Balaban J connectivity index is 2.61. The highest BCUT2D eigenvalue weighted by atomic mass is 32.1. The molecular formula is C20H31BO4S. The highest BCUT2D eigenvalue weighted by Gasteiger charge is 2.53. The summed E-state index contributed by atoms with van der Waals surface area (Å²) in [5.41, 5.74) is 2.54. The molecule has 1 heterocycles. The summed E-state index contributed by atoms with van der Waals surface area (Å²) in [5, 5.41) is 0. The van der Waals surface area contributed by atoms with Crippen LogP contribution in [-0.4, -0.2) is 29.9 Å². The maximum atomic E-state index is 12.8. The van der Waals surface area contributed by atoms with E-state index >= 15 is 0 Å². The van der Waals surface area contributed by atoms with Gasteiger partial charge in [-0.25, -0.2) is 4.79 Å². The third kappa shape index (κ3) is 3.69. The molecule has 0 aliphatic carbocycles. The molecule has 0 atom stereocenters. The lowest BCUT2D eigenvalue weighted by atomic mass is 9.71. The first-order chi connectivity index (χ1) is 11.6. The van der Waals surface area contributed by atoms with E-state index in [1.807, 2.05) is 69.2 Å². The molecule has 1 fully saturated rings. The summed E-state index contributed by atoms with van der Waals surface area (Å²) < 4.78 is 18.1. The van der Waals surface area contributed by atoms with Crippen molar-refractivity contribution in [2.45, 2.75) is 90.9 Å². The monoisotopic (exact) mass is 378 g/mol. The summed E-state index contributed by atoms with van der Waals surface area (Å²) >= 11 is 4.66. The summed E-state index contributed by atoms with van der Waals surface area (Å²) in [5.74, 6) is -0.347. The van der Waals surface area contributed by atoms with E-state index in [-0.39, 0.29) is 5.97 Å². The first kappa shape index (κ1) is 21.3. The van der Waals surface area contributed by atoms with Gasteiger partial charge >= 0.3 is 13.1 Å². The van der Waals surface area contributed by atoms with Gasteiger partial charge in [-0.3, -0.25) is 0 Å². The van der Waals surface area contributed by atoms with Gasteiger partial charge in [0.25, 0.3) is 0 Å². The standard InChI is InChI=1S/C20H31BO4S/c1-11-14(17(22)23-18(4,5)6)12(2)16(26)13(3)15(11)21-24-19(7,8)20(9,10)25-21/h26H,1-10H3. The van der Waals surface area contributed by atoms with E-state index in [2.05, 4.69) is 12.6 Å². The molecule has 0 saturated carbocycles. The van der Waals surface area contributed by atoms with Crippen molar-refractivity contribution < 1.29 is 18.8 Å². The van der Waals surface area contributed by atoms with Crippen LogP contribution in [0.1, 0.15) is 75.5 Å². The molecule has 0 spiro atoms. The first-order valence-corrected chi connectivity index (χ1v) is 9.45. The van der Waals surface area contributed by atoms with Crippen molar-refractivity contribution in [3.05, 3.63) is 22.3 Å². The average Bonchev–Trinajstić information content (AvgIpc) is 2.62. The molecule has 1 aromatic carbocycles. The van der Waals surface area contributed by atoms with Gasteiger partial charge < -0.3 is 14.0 Å². The number of carbonyl (C=O) groups is 1. The molecule has 0 bridgehead atoms. The molecule has 1 aliphatic rings. The fraction of sp³-hybridized carbons (Fsp3) is 0.650. The van der Waals surface area contributed by atoms with Gasteiger partial charge in [0.05, 0.1) is 16.8 Å². The van der Waals surface area contributed by atoms with E-state index in [4.69, 9.17) is 14.0 Å². The zero-order valence-corrected chi connectivity index (χ0v) is 18.6. The second kappa shape index (κ2) is 6.57. The van der Waals surface area contributed by atoms with Gasteiger partial charge in [0.15, 0.2) is 0 Å². The predicted molar refractivity (Wildman–Crippen MR) is 109 cm³/mol. The third-order valence-corrected chi connectivity index (χ3v) is 6.03. The van der Waals surface area contributed by atoms with Crippen LogP contribution in [-0.2, 0) is 14.0 Å². The quantitative estimate of drug-likeness (QED) is 0.477. The molecule has 144 valence electrons. The molecule has 1 aliphatic heterocycles. The minimum absolute atomic E-state index is 0.347. The zero-order valence-electron chi connectivity index (χ0n) is 17.7. The molecule has 2 rings (SSSR count). The number of carbonyl (C=O) groups excluding carboxylic acids is 1.